The molecule has 5 aromatic carbocycles. The smallest absolute Gasteiger partial charge is 0.120 e. The van der Waals surface area contributed by atoms with E-state index in [0.717, 1.165) is 66.7 Å². The van der Waals surface area contributed by atoms with Crippen LogP contribution in [-0.4, -0.2) is 18.0 Å². The number of aromatic nitrogens is 2. The van der Waals surface area contributed by atoms with Crippen LogP contribution < -0.4 is 5.19 Å². The number of hydrogen-bond acceptors (Lipinski definition) is 3. The molecule has 0 N–H and O–H groups in total. The Bertz CT molecular complexity index is 2260. The van der Waals surface area contributed by atoms with Crippen LogP contribution in [0.25, 0.3) is 66.7 Å². The van der Waals surface area contributed by atoms with E-state index in [9.17, 15) is 0 Å². The molecule has 3 aromatic heterocycles. The molecular formula is C43H34IrN2OSi-2. The maximum Gasteiger partial charge on any atom is 0.120 e. The molecule has 0 spiro atoms. The summed E-state index contributed by atoms with van der Waals surface area (Å²) in [7, 11) is -1.23. The fourth-order valence-electron chi connectivity index (χ4n) is 5.73. The average Bonchev–Trinajstić information content (AvgIpc) is 3.52. The van der Waals surface area contributed by atoms with Crippen LogP contribution in [0.2, 0.25) is 19.6 Å². The molecule has 0 saturated carbocycles. The Labute approximate surface area is 296 Å². The number of furan rings is 1. The van der Waals surface area contributed by atoms with Gasteiger partial charge >= 0.3 is 0 Å². The third-order valence-corrected chi connectivity index (χ3v) is 10.3. The van der Waals surface area contributed by atoms with Crippen molar-refractivity contribution in [2.45, 2.75) is 19.6 Å². The van der Waals surface area contributed by atoms with Gasteiger partial charge in [0.25, 0.3) is 0 Å². The molecular weight excluding hydrogens is 781 g/mol. The van der Waals surface area contributed by atoms with E-state index in [-0.39, 0.29) is 20.1 Å². The van der Waals surface area contributed by atoms with Crippen LogP contribution >= 0.6 is 0 Å². The minimum Gasteiger partial charge on any atom is -0.501 e. The van der Waals surface area contributed by atoms with E-state index >= 15 is 0 Å². The van der Waals surface area contributed by atoms with Crippen LogP contribution in [-0.2, 0) is 20.1 Å². The number of pyridine rings is 2. The monoisotopic (exact) mass is 815 g/mol. The van der Waals surface area contributed by atoms with E-state index in [2.05, 4.69) is 115 Å². The van der Waals surface area contributed by atoms with Crippen LogP contribution in [0, 0.1) is 12.1 Å². The molecule has 0 aliphatic carbocycles. The predicted octanol–water partition coefficient (Wildman–Crippen LogP) is 10.9. The van der Waals surface area contributed by atoms with Crippen molar-refractivity contribution >= 4 is 35.2 Å². The summed E-state index contributed by atoms with van der Waals surface area (Å²) in [5.41, 5.74) is 10.0. The van der Waals surface area contributed by atoms with Gasteiger partial charge in [-0.05, 0) is 45.2 Å². The van der Waals surface area contributed by atoms with Crippen molar-refractivity contribution in [3.63, 3.8) is 0 Å². The molecule has 237 valence electrons. The molecule has 0 saturated heterocycles. The van der Waals surface area contributed by atoms with Crippen LogP contribution in [0.5, 0.6) is 0 Å². The third kappa shape index (κ3) is 7.00. The zero-order chi connectivity index (χ0) is 32.2. The van der Waals surface area contributed by atoms with Gasteiger partial charge in [-0.15, -0.1) is 48.0 Å². The molecule has 0 amide bonds. The zero-order valence-electron chi connectivity index (χ0n) is 27.1. The maximum atomic E-state index is 6.37. The Morgan fingerprint density at radius 1 is 0.625 bits per heavy atom. The van der Waals surface area contributed by atoms with E-state index in [0.29, 0.717) is 0 Å². The van der Waals surface area contributed by atoms with Gasteiger partial charge in [0.05, 0.1) is 13.7 Å². The predicted molar refractivity (Wildman–Crippen MR) is 198 cm³/mol. The van der Waals surface area contributed by atoms with Gasteiger partial charge in [0.15, 0.2) is 0 Å². The normalized spacial score (nSPS) is 11.1. The van der Waals surface area contributed by atoms with Crippen LogP contribution in [0.1, 0.15) is 0 Å². The summed E-state index contributed by atoms with van der Waals surface area (Å²) >= 11 is 0. The van der Waals surface area contributed by atoms with Gasteiger partial charge in [-0.25, -0.2) is 0 Å². The molecule has 8 rings (SSSR count). The number of nitrogens with zero attached hydrogens (tertiary/aromatic N) is 2. The second-order valence-corrected chi connectivity index (χ2v) is 17.6. The first-order valence-electron chi connectivity index (χ1n) is 15.8. The topological polar surface area (TPSA) is 38.9 Å². The summed E-state index contributed by atoms with van der Waals surface area (Å²) in [6.45, 7) is 7.00. The molecule has 0 atom stereocenters. The van der Waals surface area contributed by atoms with Gasteiger partial charge in [0.2, 0.25) is 0 Å². The van der Waals surface area contributed by atoms with Crippen molar-refractivity contribution in [3.05, 3.63) is 164 Å². The largest absolute Gasteiger partial charge is 0.501 e. The Hall–Kier alpha value is -4.93. The fraction of sp³-hybridized carbons (Fsp3) is 0.0698. The molecule has 0 bridgehead atoms. The standard InChI is InChI=1S/C29H18NO.C14H16NSi.Ir/c1-3-9-20(10-4-1)22-17-18-30-26(19-22)24-16-15-23(21-11-5-2-6-12-21)28-25-13-7-8-14-27(25)31-29(24)28;1-16(2,3)13-9-10-14(15-11-13)12-7-5-4-6-8-12;/h1-15,17-19H;4-7,9-11H,1-3H3;/q2*-1;. The van der Waals surface area contributed by atoms with Gasteiger partial charge in [-0.2, -0.15) is 0 Å². The number of hydrogen-bond donors (Lipinski definition) is 0. The van der Waals surface area contributed by atoms with E-state index in [1.54, 1.807) is 0 Å². The van der Waals surface area contributed by atoms with Crippen molar-refractivity contribution in [3.8, 4) is 44.8 Å². The van der Waals surface area contributed by atoms with Gasteiger partial charge in [0, 0.05) is 37.9 Å². The first-order chi connectivity index (χ1) is 23.0. The van der Waals surface area contributed by atoms with E-state index in [1.165, 1.54) is 5.19 Å². The second-order valence-electron chi connectivity index (χ2n) is 12.5. The summed E-state index contributed by atoms with van der Waals surface area (Å²) in [6, 6.07) is 54.0. The summed E-state index contributed by atoms with van der Waals surface area (Å²) < 4.78 is 6.37. The zero-order valence-corrected chi connectivity index (χ0v) is 30.5. The molecule has 5 heteroatoms. The molecule has 1 radical (unpaired) electrons. The van der Waals surface area contributed by atoms with Gasteiger partial charge < -0.3 is 14.4 Å². The van der Waals surface area contributed by atoms with Gasteiger partial charge in [-0.1, -0.05) is 133 Å². The fourth-order valence-corrected chi connectivity index (χ4v) is 6.77. The Kier molecular flexibility index (Phi) is 9.93. The first kappa shape index (κ1) is 33.0. The Morgan fingerprint density at radius 3 is 2.02 bits per heavy atom. The van der Waals surface area contributed by atoms with Crippen LogP contribution in [0.15, 0.2) is 156 Å². The van der Waals surface area contributed by atoms with Gasteiger partial charge in [0.1, 0.15) is 5.58 Å². The second kappa shape index (κ2) is 14.5. The summed E-state index contributed by atoms with van der Waals surface area (Å²) in [6.07, 6.45) is 3.87. The minimum absolute atomic E-state index is 0. The van der Waals surface area contributed by atoms with Crippen molar-refractivity contribution in [1.82, 2.24) is 9.97 Å². The molecule has 0 unspecified atom stereocenters. The summed E-state index contributed by atoms with van der Waals surface area (Å²) in [5.74, 6) is 0. The minimum atomic E-state index is -1.23. The maximum absolute atomic E-state index is 6.37. The molecule has 0 aliphatic rings. The van der Waals surface area contributed by atoms with Gasteiger partial charge in [-0.3, -0.25) is 0 Å². The molecule has 0 fully saturated rings. The average molecular weight is 815 g/mol. The number of para-hydroxylation sites is 1. The van der Waals surface area contributed by atoms with Crippen molar-refractivity contribution in [2.75, 3.05) is 0 Å². The Morgan fingerprint density at radius 2 is 1.33 bits per heavy atom. The SMILES string of the molecule is C[Si](C)(C)c1ccc(-c2[c-]cccc2)nc1.[Ir].[c-]1cc(-c2ccccc2)c2c(oc3ccccc32)c1-c1cc(-c2ccccc2)ccn1. The molecule has 3 nitrogen and oxygen atoms in total. The molecule has 0 aliphatic heterocycles. The molecule has 8 aromatic rings. The third-order valence-electron chi connectivity index (χ3n) is 8.28. The number of rotatable bonds is 5. The van der Waals surface area contributed by atoms with E-state index in [4.69, 9.17) is 4.42 Å². The van der Waals surface area contributed by atoms with E-state index < -0.39 is 8.07 Å². The number of benzene rings is 5. The van der Waals surface area contributed by atoms with Crippen LogP contribution in [0.3, 0.4) is 0 Å². The van der Waals surface area contributed by atoms with Crippen molar-refractivity contribution in [2.24, 2.45) is 0 Å². The quantitative estimate of drug-likeness (QED) is 0.128. The number of fused-ring (bicyclic) bond motifs is 3. The van der Waals surface area contributed by atoms with E-state index in [1.807, 2.05) is 79.1 Å². The first-order valence-corrected chi connectivity index (χ1v) is 19.3. The van der Waals surface area contributed by atoms with Crippen molar-refractivity contribution in [1.29, 1.82) is 0 Å². The molecule has 48 heavy (non-hydrogen) atoms. The summed E-state index contributed by atoms with van der Waals surface area (Å²) in [5, 5.41) is 3.60. The van der Waals surface area contributed by atoms with Crippen molar-refractivity contribution < 1.29 is 24.5 Å². The molecule has 3 heterocycles. The Balaban J connectivity index is 0.000000201. The van der Waals surface area contributed by atoms with Crippen LogP contribution in [0.4, 0.5) is 0 Å². The summed E-state index contributed by atoms with van der Waals surface area (Å²) in [4.78, 5) is 9.19.